The third-order valence-corrected chi connectivity index (χ3v) is 3.57. The van der Waals surface area contributed by atoms with Crippen molar-refractivity contribution in [2.45, 2.75) is 6.92 Å². The predicted molar refractivity (Wildman–Crippen MR) is 53.7 cm³/mol. The van der Waals surface area contributed by atoms with Gasteiger partial charge in [-0.1, -0.05) is 0 Å². The van der Waals surface area contributed by atoms with Crippen LogP contribution >= 0.6 is 22.7 Å². The molecular formula is C9H8OS2. The van der Waals surface area contributed by atoms with E-state index in [2.05, 4.69) is 24.1 Å². The van der Waals surface area contributed by atoms with E-state index in [0.717, 1.165) is 4.88 Å². The summed E-state index contributed by atoms with van der Waals surface area (Å²) < 4.78 is 6.43. The lowest BCUT2D eigenvalue weighted by atomic mass is 10.4. The van der Waals surface area contributed by atoms with E-state index in [1.165, 1.54) is 9.40 Å². The molecule has 0 aromatic carbocycles. The molecule has 0 fully saturated rings. The summed E-state index contributed by atoms with van der Waals surface area (Å²) in [6, 6.07) is 4.22. The molecular weight excluding hydrogens is 188 g/mol. The Morgan fingerprint density at radius 2 is 2.50 bits per heavy atom. The lowest BCUT2D eigenvalue weighted by Crippen LogP contribution is -1.84. The second kappa shape index (κ2) is 3.56. The third kappa shape index (κ3) is 1.53. The Labute approximate surface area is 79.6 Å². The van der Waals surface area contributed by atoms with Crippen LogP contribution in [-0.4, -0.2) is 6.61 Å². The molecule has 0 N–H and O–H groups in total. The van der Waals surface area contributed by atoms with E-state index in [1.807, 2.05) is 6.92 Å². The van der Waals surface area contributed by atoms with Gasteiger partial charge < -0.3 is 4.74 Å². The molecule has 2 heterocycles. The Kier molecular flexibility index (Phi) is 2.44. The molecule has 0 atom stereocenters. The van der Waals surface area contributed by atoms with Gasteiger partial charge in [0.15, 0.2) is 6.61 Å². The molecule has 0 aliphatic carbocycles. The maximum absolute atomic E-state index is 5.08. The maximum Gasteiger partial charge on any atom is 0.176 e. The molecule has 0 amide bonds. The highest BCUT2D eigenvalue weighted by Crippen LogP contribution is 2.31. The number of thiophene rings is 2. The van der Waals surface area contributed by atoms with Crippen LogP contribution in [0.1, 0.15) is 11.8 Å². The normalized spacial score (nSPS) is 11.1. The van der Waals surface area contributed by atoms with Crippen molar-refractivity contribution < 1.29 is 4.74 Å². The van der Waals surface area contributed by atoms with Crippen molar-refractivity contribution in [3.63, 3.8) is 0 Å². The van der Waals surface area contributed by atoms with Gasteiger partial charge in [0.25, 0.3) is 0 Å². The zero-order valence-corrected chi connectivity index (χ0v) is 8.30. The summed E-state index contributed by atoms with van der Waals surface area (Å²) in [5.74, 6) is 0. The topological polar surface area (TPSA) is 9.23 Å². The average Bonchev–Trinajstić information content (AvgIpc) is 2.58. The van der Waals surface area contributed by atoms with Crippen molar-refractivity contribution in [2.75, 3.05) is 6.61 Å². The lowest BCUT2D eigenvalue weighted by molar-refractivity contribution is 0.231. The van der Waals surface area contributed by atoms with E-state index in [1.54, 1.807) is 22.7 Å². The molecule has 62 valence electrons. The minimum atomic E-state index is 0.686. The molecule has 2 radical (unpaired) electrons. The third-order valence-electron chi connectivity index (χ3n) is 1.46. The first-order valence-electron chi connectivity index (χ1n) is 3.75. The van der Waals surface area contributed by atoms with Gasteiger partial charge in [-0.25, -0.2) is 0 Å². The summed E-state index contributed by atoms with van der Waals surface area (Å²) >= 11 is 3.49. The minimum Gasteiger partial charge on any atom is -0.363 e. The highest BCUT2D eigenvalue weighted by Gasteiger charge is 2.02. The van der Waals surface area contributed by atoms with Crippen LogP contribution in [0, 0.1) is 6.61 Å². The Morgan fingerprint density at radius 3 is 3.25 bits per heavy atom. The highest BCUT2D eigenvalue weighted by molar-refractivity contribution is 7.37. The lowest BCUT2D eigenvalue weighted by Gasteiger charge is -1.91. The van der Waals surface area contributed by atoms with Gasteiger partial charge in [-0.05, 0) is 24.4 Å². The van der Waals surface area contributed by atoms with Crippen LogP contribution < -0.4 is 0 Å². The van der Waals surface area contributed by atoms with Gasteiger partial charge in [0.05, 0.1) is 4.01 Å². The van der Waals surface area contributed by atoms with Gasteiger partial charge in [-0.15, -0.1) is 22.7 Å². The molecule has 12 heavy (non-hydrogen) atoms. The number of fused-ring (bicyclic) bond motifs is 1. The van der Waals surface area contributed by atoms with E-state index < -0.39 is 0 Å². The Bertz CT molecular complexity index is 333. The van der Waals surface area contributed by atoms with Crippen molar-refractivity contribution >= 4 is 32.1 Å². The van der Waals surface area contributed by atoms with Crippen LogP contribution in [-0.2, 0) is 4.74 Å². The van der Waals surface area contributed by atoms with E-state index in [4.69, 9.17) is 4.74 Å². The molecule has 0 aliphatic rings. The second-order valence-corrected chi connectivity index (χ2v) is 4.54. The first-order chi connectivity index (χ1) is 5.90. The average molecular weight is 196 g/mol. The van der Waals surface area contributed by atoms with Gasteiger partial charge in [0.2, 0.25) is 0 Å². The van der Waals surface area contributed by atoms with Crippen molar-refractivity contribution in [3.8, 4) is 0 Å². The van der Waals surface area contributed by atoms with Gasteiger partial charge >= 0.3 is 0 Å². The standard InChI is InChI=1S/C9H8OS2/c1-2-10-6-8-5-7-3-4-11-9(7)12-8/h3-5H,2H2,1H3. The Hall–Kier alpha value is -0.380. The fraction of sp³-hybridized carbons (Fsp3) is 0.222. The van der Waals surface area contributed by atoms with Crippen molar-refractivity contribution in [2.24, 2.45) is 0 Å². The molecule has 2 aromatic rings. The van der Waals surface area contributed by atoms with Crippen LogP contribution in [0.4, 0.5) is 0 Å². The SMILES string of the molecule is CCO[C]c1cc2ccsc2s1. The molecule has 0 saturated carbocycles. The zero-order chi connectivity index (χ0) is 8.39. The molecule has 2 aromatic heterocycles. The van der Waals surface area contributed by atoms with Crippen LogP contribution in [0.15, 0.2) is 17.5 Å². The number of hydrogen-bond donors (Lipinski definition) is 0. The minimum absolute atomic E-state index is 0.686. The first-order valence-corrected chi connectivity index (χ1v) is 5.44. The van der Waals surface area contributed by atoms with E-state index in [-0.39, 0.29) is 0 Å². The zero-order valence-electron chi connectivity index (χ0n) is 6.66. The van der Waals surface area contributed by atoms with E-state index in [0.29, 0.717) is 6.61 Å². The van der Waals surface area contributed by atoms with Crippen LogP contribution in [0.3, 0.4) is 0 Å². The number of rotatable bonds is 3. The van der Waals surface area contributed by atoms with Crippen molar-refractivity contribution in [3.05, 3.63) is 29.0 Å². The highest BCUT2D eigenvalue weighted by atomic mass is 32.2. The number of ether oxygens (including phenoxy) is 1. The van der Waals surface area contributed by atoms with Crippen LogP contribution in [0.25, 0.3) is 9.40 Å². The molecule has 0 saturated heterocycles. The first kappa shape index (κ1) is 8.23. The van der Waals surface area contributed by atoms with E-state index in [9.17, 15) is 0 Å². The smallest absolute Gasteiger partial charge is 0.176 e. The largest absolute Gasteiger partial charge is 0.363 e. The summed E-state index contributed by atoms with van der Waals surface area (Å²) in [5, 5.41) is 3.40. The number of hydrogen-bond acceptors (Lipinski definition) is 3. The molecule has 2 rings (SSSR count). The van der Waals surface area contributed by atoms with Crippen molar-refractivity contribution in [1.29, 1.82) is 0 Å². The summed E-state index contributed by atoms with van der Waals surface area (Å²) in [4.78, 5) is 1.08. The van der Waals surface area contributed by atoms with Crippen LogP contribution in [0.2, 0.25) is 0 Å². The molecule has 0 unspecified atom stereocenters. The quantitative estimate of drug-likeness (QED) is 0.731. The molecule has 0 spiro atoms. The van der Waals surface area contributed by atoms with Gasteiger partial charge in [0, 0.05) is 16.9 Å². The predicted octanol–water partition coefficient (Wildman–Crippen LogP) is 3.39. The molecule has 1 nitrogen and oxygen atoms in total. The monoisotopic (exact) mass is 196 g/mol. The fourth-order valence-electron chi connectivity index (χ4n) is 0.959. The molecule has 0 aliphatic heterocycles. The summed E-state index contributed by atoms with van der Waals surface area (Å²) in [5.41, 5.74) is 0. The Balaban J connectivity index is 2.21. The van der Waals surface area contributed by atoms with Gasteiger partial charge in [0.1, 0.15) is 0 Å². The Morgan fingerprint density at radius 1 is 1.58 bits per heavy atom. The van der Waals surface area contributed by atoms with Gasteiger partial charge in [-0.2, -0.15) is 0 Å². The summed E-state index contributed by atoms with van der Waals surface area (Å²) in [6.45, 7) is 5.54. The molecule has 0 bridgehead atoms. The fourth-order valence-corrected chi connectivity index (χ4v) is 2.92. The maximum atomic E-state index is 5.08. The van der Waals surface area contributed by atoms with Crippen molar-refractivity contribution in [1.82, 2.24) is 0 Å². The summed E-state index contributed by atoms with van der Waals surface area (Å²) in [7, 11) is 0. The van der Waals surface area contributed by atoms with E-state index >= 15 is 0 Å². The van der Waals surface area contributed by atoms with Gasteiger partial charge in [-0.3, -0.25) is 0 Å². The molecule has 3 heteroatoms. The van der Waals surface area contributed by atoms with Crippen LogP contribution in [0.5, 0.6) is 0 Å². The second-order valence-electron chi connectivity index (χ2n) is 2.31. The summed E-state index contributed by atoms with van der Waals surface area (Å²) in [6.07, 6.45) is 0.